The molecule has 2 aliphatic rings. The highest BCUT2D eigenvalue weighted by Gasteiger charge is 2.26. The molecule has 2 amide bonds. The van der Waals surface area contributed by atoms with Crippen molar-refractivity contribution in [3.63, 3.8) is 0 Å². The van der Waals surface area contributed by atoms with Crippen molar-refractivity contribution in [2.24, 2.45) is 0 Å². The quantitative estimate of drug-likeness (QED) is 0.479. The Morgan fingerprint density at radius 1 is 1.09 bits per heavy atom. The standard InChI is InChI=1S/C26H27N3O4S2/c1-34-20-5-2-17(3-6-20)14-24(30)29-10-8-18(9-11-29)26-28-21(16-35-26)25(31)27-19-4-7-22-23(15-19)33-13-12-32-22/h2-7,15-16,18H,8-14H2,1H3,(H,27,31). The molecular weight excluding hydrogens is 482 g/mol. The number of aromatic nitrogens is 1. The zero-order chi connectivity index (χ0) is 24.2. The van der Waals surface area contributed by atoms with Crippen LogP contribution < -0.4 is 14.8 Å². The van der Waals surface area contributed by atoms with Crippen LogP contribution in [0.15, 0.2) is 52.7 Å². The minimum absolute atomic E-state index is 0.166. The van der Waals surface area contributed by atoms with Gasteiger partial charge in [-0.25, -0.2) is 4.98 Å². The van der Waals surface area contributed by atoms with E-state index in [9.17, 15) is 9.59 Å². The van der Waals surface area contributed by atoms with Crippen LogP contribution in [0.2, 0.25) is 0 Å². The predicted molar refractivity (Wildman–Crippen MR) is 138 cm³/mol. The van der Waals surface area contributed by atoms with Gasteiger partial charge in [0.2, 0.25) is 5.91 Å². The van der Waals surface area contributed by atoms with E-state index in [1.807, 2.05) is 23.3 Å². The van der Waals surface area contributed by atoms with Crippen molar-refractivity contribution in [2.45, 2.75) is 30.1 Å². The number of rotatable bonds is 6. The number of amides is 2. The average Bonchev–Trinajstić information content (AvgIpc) is 3.40. The van der Waals surface area contributed by atoms with E-state index in [1.165, 1.54) is 16.2 Å². The molecule has 1 fully saturated rings. The van der Waals surface area contributed by atoms with E-state index in [2.05, 4.69) is 22.4 Å². The predicted octanol–water partition coefficient (Wildman–Crippen LogP) is 4.84. The van der Waals surface area contributed by atoms with Crippen molar-refractivity contribution in [3.8, 4) is 11.5 Å². The zero-order valence-electron chi connectivity index (χ0n) is 19.5. The van der Waals surface area contributed by atoms with Gasteiger partial charge in [0.05, 0.1) is 11.4 Å². The molecule has 0 spiro atoms. The number of piperidine rings is 1. The fourth-order valence-electron chi connectivity index (χ4n) is 4.30. The van der Waals surface area contributed by atoms with Crippen LogP contribution in [0.1, 0.15) is 39.8 Å². The molecule has 9 heteroatoms. The summed E-state index contributed by atoms with van der Waals surface area (Å²) in [5.74, 6) is 1.50. The number of fused-ring (bicyclic) bond motifs is 1. The number of anilines is 1. The summed E-state index contributed by atoms with van der Waals surface area (Å²) in [6.45, 7) is 2.45. The smallest absolute Gasteiger partial charge is 0.275 e. The number of benzene rings is 2. The largest absolute Gasteiger partial charge is 0.486 e. The van der Waals surface area contributed by atoms with Gasteiger partial charge in [0.25, 0.3) is 5.91 Å². The molecular formula is C26H27N3O4S2. The molecule has 0 atom stereocenters. The normalized spacial score (nSPS) is 15.6. The van der Waals surface area contributed by atoms with Crippen LogP contribution in [0.4, 0.5) is 5.69 Å². The van der Waals surface area contributed by atoms with Crippen molar-refractivity contribution in [3.05, 3.63) is 64.1 Å². The van der Waals surface area contributed by atoms with Gasteiger partial charge in [0.1, 0.15) is 18.9 Å². The van der Waals surface area contributed by atoms with Gasteiger partial charge < -0.3 is 19.7 Å². The van der Waals surface area contributed by atoms with Crippen molar-refractivity contribution in [1.82, 2.24) is 9.88 Å². The lowest BCUT2D eigenvalue weighted by molar-refractivity contribution is -0.131. The zero-order valence-corrected chi connectivity index (χ0v) is 21.1. The van der Waals surface area contributed by atoms with E-state index in [0.717, 1.165) is 23.4 Å². The molecule has 1 N–H and O–H groups in total. The number of thioether (sulfide) groups is 1. The van der Waals surface area contributed by atoms with Crippen LogP contribution in [0.25, 0.3) is 0 Å². The summed E-state index contributed by atoms with van der Waals surface area (Å²) in [7, 11) is 0. The third kappa shape index (κ3) is 5.62. The number of nitrogens with zero attached hydrogens (tertiary/aromatic N) is 2. The molecule has 2 aliphatic heterocycles. The molecule has 1 saturated heterocycles. The summed E-state index contributed by atoms with van der Waals surface area (Å²) in [4.78, 5) is 33.3. The molecule has 35 heavy (non-hydrogen) atoms. The van der Waals surface area contributed by atoms with Gasteiger partial charge in [-0.3, -0.25) is 9.59 Å². The fraction of sp³-hybridized carbons (Fsp3) is 0.346. The Morgan fingerprint density at radius 2 is 1.83 bits per heavy atom. The van der Waals surface area contributed by atoms with Crippen LogP contribution in [-0.4, -0.2) is 54.3 Å². The molecule has 1 aromatic heterocycles. The lowest BCUT2D eigenvalue weighted by atomic mass is 9.97. The first-order valence-electron chi connectivity index (χ1n) is 11.7. The maximum atomic E-state index is 12.8. The van der Waals surface area contributed by atoms with Crippen molar-refractivity contribution in [1.29, 1.82) is 0 Å². The van der Waals surface area contributed by atoms with E-state index >= 15 is 0 Å². The molecule has 7 nitrogen and oxygen atoms in total. The number of likely N-dealkylation sites (tertiary alicyclic amines) is 1. The van der Waals surface area contributed by atoms with E-state index in [4.69, 9.17) is 9.47 Å². The molecule has 0 saturated carbocycles. The van der Waals surface area contributed by atoms with Gasteiger partial charge >= 0.3 is 0 Å². The second kappa shape index (κ2) is 10.7. The van der Waals surface area contributed by atoms with Crippen LogP contribution in [-0.2, 0) is 11.2 Å². The summed E-state index contributed by atoms with van der Waals surface area (Å²) < 4.78 is 11.1. The number of ether oxygens (including phenoxy) is 2. The Balaban J connectivity index is 1.14. The second-order valence-corrected chi connectivity index (χ2v) is 10.3. The Kier molecular flexibility index (Phi) is 7.24. The van der Waals surface area contributed by atoms with Crippen LogP contribution in [0.5, 0.6) is 11.5 Å². The van der Waals surface area contributed by atoms with Crippen LogP contribution >= 0.6 is 23.1 Å². The van der Waals surface area contributed by atoms with Crippen molar-refractivity contribution < 1.29 is 19.1 Å². The van der Waals surface area contributed by atoms with Crippen molar-refractivity contribution >= 4 is 40.6 Å². The highest BCUT2D eigenvalue weighted by atomic mass is 32.2. The summed E-state index contributed by atoms with van der Waals surface area (Å²) in [5.41, 5.74) is 2.10. The maximum Gasteiger partial charge on any atom is 0.275 e. The highest BCUT2D eigenvalue weighted by Crippen LogP contribution is 2.33. The second-order valence-electron chi connectivity index (χ2n) is 8.56. The lowest BCUT2D eigenvalue weighted by Crippen LogP contribution is -2.38. The number of thiazole rings is 1. The summed E-state index contributed by atoms with van der Waals surface area (Å²) in [5, 5.41) is 5.65. The average molecular weight is 510 g/mol. The molecule has 182 valence electrons. The van der Waals surface area contributed by atoms with Crippen LogP contribution in [0.3, 0.4) is 0 Å². The third-order valence-corrected chi connectivity index (χ3v) is 8.02. The Bertz CT molecular complexity index is 1200. The SMILES string of the molecule is CSc1ccc(CC(=O)N2CCC(c3nc(C(=O)Nc4ccc5c(c4)OCCO5)cs3)CC2)cc1. The monoisotopic (exact) mass is 509 g/mol. The Morgan fingerprint density at radius 3 is 2.57 bits per heavy atom. The van der Waals surface area contributed by atoms with Gasteiger partial charge in [-0.1, -0.05) is 12.1 Å². The van der Waals surface area contributed by atoms with Gasteiger partial charge in [-0.15, -0.1) is 23.1 Å². The van der Waals surface area contributed by atoms with Crippen LogP contribution in [0, 0.1) is 0 Å². The van der Waals surface area contributed by atoms with Gasteiger partial charge in [-0.2, -0.15) is 0 Å². The molecule has 0 bridgehead atoms. The Labute approximate surface area is 212 Å². The minimum atomic E-state index is -0.246. The Hall–Kier alpha value is -3.04. The number of carbonyl (C=O) groups excluding carboxylic acids is 2. The molecule has 3 heterocycles. The lowest BCUT2D eigenvalue weighted by Gasteiger charge is -2.31. The molecule has 5 rings (SSSR count). The summed E-state index contributed by atoms with van der Waals surface area (Å²) in [6, 6.07) is 13.5. The first kappa shape index (κ1) is 23.7. The number of hydrogen-bond donors (Lipinski definition) is 1. The third-order valence-electron chi connectivity index (χ3n) is 6.27. The molecule has 0 aliphatic carbocycles. The van der Waals surface area contributed by atoms with E-state index < -0.39 is 0 Å². The topological polar surface area (TPSA) is 80.8 Å². The molecule has 0 radical (unpaired) electrons. The maximum absolute atomic E-state index is 12.8. The summed E-state index contributed by atoms with van der Waals surface area (Å²) >= 11 is 3.21. The molecule has 0 unspecified atom stereocenters. The first-order chi connectivity index (χ1) is 17.1. The molecule has 2 aromatic carbocycles. The number of hydrogen-bond acceptors (Lipinski definition) is 7. The van der Waals surface area contributed by atoms with Gasteiger partial charge in [-0.05, 0) is 48.9 Å². The first-order valence-corrected chi connectivity index (χ1v) is 13.8. The van der Waals surface area contributed by atoms with E-state index in [-0.39, 0.29) is 17.7 Å². The van der Waals surface area contributed by atoms with E-state index in [1.54, 1.807) is 35.3 Å². The summed E-state index contributed by atoms with van der Waals surface area (Å²) in [6.07, 6.45) is 4.19. The highest BCUT2D eigenvalue weighted by molar-refractivity contribution is 7.98. The van der Waals surface area contributed by atoms with Crippen molar-refractivity contribution in [2.75, 3.05) is 37.9 Å². The molecule has 3 aromatic rings. The number of nitrogens with one attached hydrogen (secondary N) is 1. The van der Waals surface area contributed by atoms with E-state index in [0.29, 0.717) is 55.6 Å². The fourth-order valence-corrected chi connectivity index (χ4v) is 5.68. The van der Waals surface area contributed by atoms with Gasteiger partial charge in [0.15, 0.2) is 11.5 Å². The van der Waals surface area contributed by atoms with Gasteiger partial charge in [0, 0.05) is 41.0 Å². The number of carbonyl (C=O) groups is 2. The minimum Gasteiger partial charge on any atom is -0.486 e.